The van der Waals surface area contributed by atoms with Crippen molar-refractivity contribution in [2.45, 2.75) is 52.1 Å². The van der Waals surface area contributed by atoms with Crippen molar-refractivity contribution in [2.75, 3.05) is 19.7 Å². The first-order valence-electron chi connectivity index (χ1n) is 10.0. The van der Waals surface area contributed by atoms with Gasteiger partial charge in [-0.1, -0.05) is 0 Å². The van der Waals surface area contributed by atoms with Gasteiger partial charge in [0, 0.05) is 44.5 Å². The molecule has 2 aliphatic heterocycles. The van der Waals surface area contributed by atoms with Crippen LogP contribution in [0.25, 0.3) is 0 Å². The number of carbonyl (C=O) groups is 6. The van der Waals surface area contributed by atoms with Crippen LogP contribution in [0.4, 0.5) is 0 Å². The van der Waals surface area contributed by atoms with Crippen molar-refractivity contribution in [3.8, 4) is 0 Å². The van der Waals surface area contributed by atoms with E-state index in [0.717, 1.165) is 17.1 Å². The van der Waals surface area contributed by atoms with Crippen LogP contribution in [-0.2, 0) is 38.3 Å². The van der Waals surface area contributed by atoms with Crippen molar-refractivity contribution in [1.29, 1.82) is 0 Å². The summed E-state index contributed by atoms with van der Waals surface area (Å²) in [6.45, 7) is 5.44. The van der Waals surface area contributed by atoms with Crippen LogP contribution in [0.2, 0.25) is 0 Å². The van der Waals surface area contributed by atoms with Gasteiger partial charge in [-0.15, -0.1) is 5.06 Å². The lowest BCUT2D eigenvalue weighted by Gasteiger charge is -2.27. The lowest BCUT2D eigenvalue weighted by atomic mass is 10.0. The number of nitrogens with zero attached hydrogens (tertiary/aromatic N) is 2. The number of amides is 5. The van der Waals surface area contributed by atoms with Crippen LogP contribution in [0.1, 0.15) is 46.5 Å². The number of hydrogen-bond acceptors (Lipinski definition) is 8. The van der Waals surface area contributed by atoms with E-state index < -0.39 is 41.1 Å². The van der Waals surface area contributed by atoms with E-state index in [4.69, 9.17) is 9.57 Å². The second-order valence-corrected chi connectivity index (χ2v) is 7.98. The molecule has 0 aromatic heterocycles. The Balaban J connectivity index is 1.65. The summed E-state index contributed by atoms with van der Waals surface area (Å²) in [6, 6.07) is 0. The van der Waals surface area contributed by atoms with Crippen molar-refractivity contribution in [2.24, 2.45) is 5.92 Å². The Hall–Kier alpha value is -3.08. The molecule has 2 aliphatic rings. The van der Waals surface area contributed by atoms with E-state index >= 15 is 0 Å². The van der Waals surface area contributed by atoms with E-state index in [1.165, 1.54) is 0 Å². The van der Waals surface area contributed by atoms with Gasteiger partial charge in [0.15, 0.2) is 0 Å². The number of ether oxygens (including phenoxy) is 1. The van der Waals surface area contributed by atoms with Crippen molar-refractivity contribution in [3.63, 3.8) is 0 Å². The van der Waals surface area contributed by atoms with Gasteiger partial charge >= 0.3 is 5.97 Å². The molecule has 0 spiro atoms. The molecule has 11 heteroatoms. The smallest absolute Gasteiger partial charge is 0.338 e. The Labute approximate surface area is 179 Å². The van der Waals surface area contributed by atoms with Gasteiger partial charge in [-0.25, -0.2) is 4.79 Å². The molecule has 1 fully saturated rings. The minimum atomic E-state index is -0.742. The summed E-state index contributed by atoms with van der Waals surface area (Å²) in [5.41, 5.74) is -0.675. The Morgan fingerprint density at radius 2 is 1.68 bits per heavy atom. The highest BCUT2D eigenvalue weighted by Gasteiger charge is 2.34. The predicted molar refractivity (Wildman–Crippen MR) is 104 cm³/mol. The predicted octanol–water partition coefficient (Wildman–Crippen LogP) is -0.154. The fourth-order valence-corrected chi connectivity index (χ4v) is 2.78. The molecule has 170 valence electrons. The molecular formula is C20H27N3O8. The molecule has 0 aromatic carbocycles. The third-order valence-electron chi connectivity index (χ3n) is 4.83. The van der Waals surface area contributed by atoms with Gasteiger partial charge in [-0.2, -0.15) is 0 Å². The normalized spacial score (nSPS) is 17.5. The van der Waals surface area contributed by atoms with Gasteiger partial charge < -0.3 is 14.9 Å². The van der Waals surface area contributed by atoms with Gasteiger partial charge in [0.05, 0.1) is 18.1 Å². The fourth-order valence-electron chi connectivity index (χ4n) is 2.78. The van der Waals surface area contributed by atoms with Gasteiger partial charge in [0.2, 0.25) is 5.91 Å². The first-order chi connectivity index (χ1) is 14.5. The van der Waals surface area contributed by atoms with Gasteiger partial charge in [-0.05, 0) is 27.2 Å². The van der Waals surface area contributed by atoms with Crippen LogP contribution in [0, 0.1) is 5.92 Å². The van der Waals surface area contributed by atoms with Crippen molar-refractivity contribution in [1.82, 2.24) is 15.3 Å². The Bertz CT molecular complexity index is 770. The zero-order chi connectivity index (χ0) is 23.2. The number of hydroxylamine groups is 2. The van der Waals surface area contributed by atoms with Crippen LogP contribution in [0.5, 0.6) is 0 Å². The number of imide groups is 2. The van der Waals surface area contributed by atoms with E-state index in [1.807, 2.05) is 0 Å². The summed E-state index contributed by atoms with van der Waals surface area (Å²) in [5, 5.41) is 3.20. The highest BCUT2D eigenvalue weighted by atomic mass is 16.7. The third-order valence-corrected chi connectivity index (χ3v) is 4.83. The van der Waals surface area contributed by atoms with E-state index in [2.05, 4.69) is 5.32 Å². The van der Waals surface area contributed by atoms with Crippen molar-refractivity contribution < 1.29 is 38.3 Å². The lowest BCUT2D eigenvalue weighted by molar-refractivity contribution is -0.202. The van der Waals surface area contributed by atoms with E-state index in [9.17, 15) is 28.8 Å². The Morgan fingerprint density at radius 1 is 1.10 bits per heavy atom. The van der Waals surface area contributed by atoms with Gasteiger partial charge in [-0.3, -0.25) is 28.9 Å². The summed E-state index contributed by atoms with van der Waals surface area (Å²) >= 11 is 0. The molecule has 2 rings (SSSR count). The van der Waals surface area contributed by atoms with E-state index in [-0.39, 0.29) is 38.3 Å². The summed E-state index contributed by atoms with van der Waals surface area (Å²) < 4.78 is 5.74. The second-order valence-electron chi connectivity index (χ2n) is 7.98. The topological polar surface area (TPSA) is 139 Å². The van der Waals surface area contributed by atoms with Crippen molar-refractivity contribution in [3.05, 3.63) is 12.2 Å². The molecule has 0 aliphatic carbocycles. The highest BCUT2D eigenvalue weighted by molar-refractivity contribution is 6.13. The minimum Gasteiger partial charge on any atom is -0.375 e. The van der Waals surface area contributed by atoms with E-state index in [1.54, 1.807) is 20.8 Å². The molecule has 31 heavy (non-hydrogen) atoms. The van der Waals surface area contributed by atoms with Crippen LogP contribution < -0.4 is 5.32 Å². The number of hydrogen-bond donors (Lipinski definition) is 1. The molecular weight excluding hydrogens is 410 g/mol. The number of carbonyl (C=O) groups excluding carboxylic acids is 6. The maximum Gasteiger partial charge on any atom is 0.338 e. The molecule has 1 unspecified atom stereocenters. The summed E-state index contributed by atoms with van der Waals surface area (Å²) in [5.74, 6) is -3.71. The van der Waals surface area contributed by atoms with Crippen LogP contribution in [-0.4, -0.2) is 70.8 Å². The molecule has 2 heterocycles. The Kier molecular flexibility index (Phi) is 8.03. The second kappa shape index (κ2) is 10.3. The standard InChI is InChI=1S/C20H27N3O8/c1-13(19(29)31-23-17(27)6-7-18(23)28)12-30-20(2,3)9-10-21-14(24)8-11-22-15(25)4-5-16(22)26/h4-5,13H,6-12H2,1-3H3,(H,21,24). The first-order valence-corrected chi connectivity index (χ1v) is 10.0. The number of rotatable bonds is 11. The fraction of sp³-hybridized carbons (Fsp3) is 0.600. The summed E-state index contributed by atoms with van der Waals surface area (Å²) in [7, 11) is 0. The summed E-state index contributed by atoms with van der Waals surface area (Å²) in [4.78, 5) is 75.8. The average Bonchev–Trinajstić information content (AvgIpc) is 3.19. The maximum absolute atomic E-state index is 12.1. The highest BCUT2D eigenvalue weighted by Crippen LogP contribution is 2.18. The molecule has 0 radical (unpaired) electrons. The third kappa shape index (κ3) is 6.99. The monoisotopic (exact) mass is 437 g/mol. The van der Waals surface area contributed by atoms with E-state index in [0.29, 0.717) is 18.0 Å². The molecule has 1 saturated heterocycles. The molecule has 11 nitrogen and oxygen atoms in total. The number of nitrogens with one attached hydrogen (secondary N) is 1. The largest absolute Gasteiger partial charge is 0.375 e. The quantitative estimate of drug-likeness (QED) is 0.440. The molecule has 0 bridgehead atoms. The van der Waals surface area contributed by atoms with Gasteiger partial charge in [0.25, 0.3) is 23.6 Å². The lowest BCUT2D eigenvalue weighted by Crippen LogP contribution is -2.38. The first kappa shape index (κ1) is 24.2. The van der Waals surface area contributed by atoms with Crippen LogP contribution in [0.15, 0.2) is 12.2 Å². The Morgan fingerprint density at radius 3 is 2.26 bits per heavy atom. The molecule has 1 atom stereocenters. The van der Waals surface area contributed by atoms with Crippen LogP contribution in [0.3, 0.4) is 0 Å². The van der Waals surface area contributed by atoms with Crippen LogP contribution >= 0.6 is 0 Å². The summed E-state index contributed by atoms with van der Waals surface area (Å²) in [6.07, 6.45) is 2.81. The average molecular weight is 437 g/mol. The maximum atomic E-state index is 12.1. The zero-order valence-electron chi connectivity index (χ0n) is 17.8. The van der Waals surface area contributed by atoms with Crippen molar-refractivity contribution >= 4 is 35.5 Å². The SMILES string of the molecule is CC(COC(C)(C)CCNC(=O)CCN1C(=O)C=CC1=O)C(=O)ON1C(=O)CCC1=O. The minimum absolute atomic E-state index is 0.00217. The molecule has 0 aromatic rings. The molecule has 1 N–H and O–H groups in total. The molecule has 5 amide bonds. The zero-order valence-corrected chi connectivity index (χ0v) is 17.8. The van der Waals surface area contributed by atoms with Gasteiger partial charge in [0.1, 0.15) is 0 Å². The molecule has 0 saturated carbocycles.